The van der Waals surface area contributed by atoms with Gasteiger partial charge < -0.3 is 4.74 Å². The van der Waals surface area contributed by atoms with E-state index in [1.807, 2.05) is 34.6 Å². The predicted octanol–water partition coefficient (Wildman–Crippen LogP) is 5.60. The van der Waals surface area contributed by atoms with Crippen molar-refractivity contribution in [2.45, 2.75) is 47.1 Å². The van der Waals surface area contributed by atoms with E-state index in [1.165, 1.54) is 24.3 Å². The molecule has 1 aliphatic rings. The van der Waals surface area contributed by atoms with Crippen LogP contribution in [-0.4, -0.2) is 42.0 Å². The third-order valence-corrected chi connectivity index (χ3v) is 3.59. The number of pyridine rings is 1. The highest BCUT2D eigenvalue weighted by Gasteiger charge is 2.21. The molecule has 1 unspecified atom stereocenters. The van der Waals surface area contributed by atoms with E-state index in [4.69, 9.17) is 4.74 Å². The Morgan fingerprint density at radius 3 is 2.36 bits per heavy atom. The minimum absolute atomic E-state index is 0.299. The largest absolute Gasteiger partial charge is 0.453 e. The molecule has 1 aromatic rings. The zero-order valence-corrected chi connectivity index (χ0v) is 17.6. The summed E-state index contributed by atoms with van der Waals surface area (Å²) < 4.78 is 19.2. The number of amides is 1. The number of carbonyl (C=O) groups is 2. The van der Waals surface area contributed by atoms with Crippen molar-refractivity contribution in [2.75, 3.05) is 13.7 Å². The summed E-state index contributed by atoms with van der Waals surface area (Å²) in [6.07, 6.45) is 8.60. The molecule has 1 atom stereocenters. The minimum atomic E-state index is -0.464. The van der Waals surface area contributed by atoms with Crippen LogP contribution in [0.15, 0.2) is 48.5 Å². The maximum Gasteiger partial charge on any atom is 0.410 e. The van der Waals surface area contributed by atoms with E-state index in [-0.39, 0.29) is 0 Å². The molecule has 2 rings (SSSR count). The van der Waals surface area contributed by atoms with E-state index in [2.05, 4.69) is 4.98 Å². The number of ether oxygens (including phenoxy) is 1. The molecule has 0 fully saturated rings. The topological polar surface area (TPSA) is 59.5 Å². The first-order valence-corrected chi connectivity index (χ1v) is 9.63. The number of carbonyl (C=O) groups excluding carboxylic acids is 2. The van der Waals surface area contributed by atoms with Gasteiger partial charge in [-0.25, -0.2) is 9.18 Å². The Bertz CT molecular complexity index is 694. The standard InChI is InChI=1S/C18H19FN2O3.2C2H6/c1-3-10-21(18(23)24-2)14-5-7-15(16(19)8-6-14)17-9-4-13(12-22)11-20-17;2*1-2/h4-9,11-12,14H,3,10H2,1-2H3;2*1-2H3. The van der Waals surface area contributed by atoms with E-state index >= 15 is 0 Å². The summed E-state index contributed by atoms with van der Waals surface area (Å²) >= 11 is 0. The Morgan fingerprint density at radius 1 is 1.21 bits per heavy atom. The van der Waals surface area contributed by atoms with E-state index in [1.54, 1.807) is 30.4 Å². The maximum atomic E-state index is 14.4. The second-order valence-electron chi connectivity index (χ2n) is 5.23. The summed E-state index contributed by atoms with van der Waals surface area (Å²) in [5.74, 6) is -0.457. The van der Waals surface area contributed by atoms with Gasteiger partial charge in [0.05, 0.1) is 18.8 Å². The summed E-state index contributed by atoms with van der Waals surface area (Å²) in [5.41, 5.74) is 1.14. The maximum absolute atomic E-state index is 14.4. The molecule has 0 N–H and O–H groups in total. The zero-order chi connectivity index (χ0) is 21.5. The van der Waals surface area contributed by atoms with Crippen molar-refractivity contribution in [3.63, 3.8) is 0 Å². The van der Waals surface area contributed by atoms with Crippen molar-refractivity contribution < 1.29 is 18.7 Å². The third kappa shape index (κ3) is 7.10. The van der Waals surface area contributed by atoms with Gasteiger partial charge in [0.2, 0.25) is 0 Å². The Kier molecular flexibility index (Phi) is 12.9. The van der Waals surface area contributed by atoms with Gasteiger partial charge in [-0.15, -0.1) is 0 Å². The number of nitrogens with zero attached hydrogens (tertiary/aromatic N) is 2. The third-order valence-electron chi connectivity index (χ3n) is 3.59. The van der Waals surface area contributed by atoms with Gasteiger partial charge in [0, 0.05) is 23.9 Å². The number of rotatable bonds is 5. The summed E-state index contributed by atoms with van der Waals surface area (Å²) in [6.45, 7) is 10.4. The number of hydrogen-bond donors (Lipinski definition) is 0. The number of halogens is 1. The van der Waals surface area contributed by atoms with Gasteiger partial charge in [0.15, 0.2) is 6.29 Å². The second-order valence-corrected chi connectivity index (χ2v) is 5.23. The van der Waals surface area contributed by atoms with Crippen LogP contribution in [0.25, 0.3) is 5.57 Å². The highest BCUT2D eigenvalue weighted by atomic mass is 19.1. The molecule has 0 radical (unpaired) electrons. The Morgan fingerprint density at radius 2 is 1.86 bits per heavy atom. The van der Waals surface area contributed by atoms with Crippen molar-refractivity contribution in [1.82, 2.24) is 9.88 Å². The fourth-order valence-electron chi connectivity index (χ4n) is 2.38. The Labute approximate surface area is 167 Å². The highest BCUT2D eigenvalue weighted by Crippen LogP contribution is 2.25. The monoisotopic (exact) mass is 390 g/mol. The van der Waals surface area contributed by atoms with E-state index in [9.17, 15) is 14.0 Å². The van der Waals surface area contributed by atoms with Gasteiger partial charge in [-0.3, -0.25) is 14.7 Å². The van der Waals surface area contributed by atoms with Crippen LogP contribution in [-0.2, 0) is 4.74 Å². The van der Waals surface area contributed by atoms with Gasteiger partial charge >= 0.3 is 6.09 Å². The number of aromatic nitrogens is 1. The normalized spacial score (nSPS) is 14.8. The van der Waals surface area contributed by atoms with Crippen LogP contribution in [0.2, 0.25) is 0 Å². The van der Waals surface area contributed by atoms with Crippen LogP contribution >= 0.6 is 0 Å². The minimum Gasteiger partial charge on any atom is -0.453 e. The molecule has 6 heteroatoms. The zero-order valence-electron chi connectivity index (χ0n) is 17.6. The number of aldehydes is 1. The van der Waals surface area contributed by atoms with E-state index in [0.717, 1.165) is 6.42 Å². The first kappa shape index (κ1) is 25.2. The highest BCUT2D eigenvalue weighted by molar-refractivity contribution is 5.79. The van der Waals surface area contributed by atoms with Crippen molar-refractivity contribution >= 4 is 18.0 Å². The lowest BCUT2D eigenvalue weighted by Gasteiger charge is -2.25. The Hall–Kier alpha value is -2.76. The van der Waals surface area contributed by atoms with Crippen LogP contribution in [0, 0.1) is 0 Å². The van der Waals surface area contributed by atoms with Gasteiger partial charge in [0.25, 0.3) is 0 Å². The summed E-state index contributed by atoms with van der Waals surface area (Å²) in [7, 11) is 1.32. The molecule has 0 aromatic carbocycles. The molecule has 1 amide bonds. The second kappa shape index (κ2) is 14.3. The van der Waals surface area contributed by atoms with Crippen LogP contribution in [0.4, 0.5) is 9.18 Å². The van der Waals surface area contributed by atoms with Crippen molar-refractivity contribution in [2.24, 2.45) is 0 Å². The molecule has 1 aliphatic carbocycles. The van der Waals surface area contributed by atoms with Crippen LogP contribution in [0.3, 0.4) is 0 Å². The van der Waals surface area contributed by atoms with Crippen LogP contribution in [0.1, 0.15) is 57.1 Å². The summed E-state index contributed by atoms with van der Waals surface area (Å²) in [6, 6.07) is 2.75. The average Bonchev–Trinajstić information content (AvgIpc) is 2.96. The van der Waals surface area contributed by atoms with E-state index in [0.29, 0.717) is 29.7 Å². The lowest BCUT2D eigenvalue weighted by atomic mass is 10.1. The Balaban J connectivity index is 0.00000171. The molecule has 5 nitrogen and oxygen atoms in total. The van der Waals surface area contributed by atoms with E-state index < -0.39 is 18.0 Å². The van der Waals surface area contributed by atoms with Gasteiger partial charge in [-0.05, 0) is 24.6 Å². The molecule has 0 spiro atoms. The van der Waals surface area contributed by atoms with Gasteiger partial charge in [0.1, 0.15) is 5.83 Å². The molecule has 154 valence electrons. The predicted molar refractivity (Wildman–Crippen MR) is 112 cm³/mol. The molecular weight excluding hydrogens is 359 g/mol. The molecule has 0 aliphatic heterocycles. The summed E-state index contributed by atoms with van der Waals surface area (Å²) in [4.78, 5) is 28.2. The molecule has 0 bridgehead atoms. The van der Waals surface area contributed by atoms with Gasteiger partial charge in [-0.2, -0.15) is 0 Å². The smallest absolute Gasteiger partial charge is 0.410 e. The first-order valence-electron chi connectivity index (χ1n) is 9.63. The molecule has 1 aromatic heterocycles. The van der Waals surface area contributed by atoms with Crippen LogP contribution in [0.5, 0.6) is 0 Å². The fraction of sp³-hybridized carbons (Fsp3) is 0.409. The fourth-order valence-corrected chi connectivity index (χ4v) is 2.38. The number of hydrogen-bond acceptors (Lipinski definition) is 4. The average molecular weight is 390 g/mol. The number of allylic oxidation sites excluding steroid dienone is 4. The van der Waals surface area contributed by atoms with Crippen molar-refractivity contribution in [3.05, 3.63) is 59.7 Å². The molecule has 28 heavy (non-hydrogen) atoms. The quantitative estimate of drug-likeness (QED) is 0.614. The van der Waals surface area contributed by atoms with Gasteiger partial charge in [-0.1, -0.05) is 52.8 Å². The molecular formula is C22H31FN2O3. The first-order chi connectivity index (χ1) is 13.6. The van der Waals surface area contributed by atoms with Crippen molar-refractivity contribution in [3.8, 4) is 0 Å². The van der Waals surface area contributed by atoms with Crippen molar-refractivity contribution in [1.29, 1.82) is 0 Å². The number of methoxy groups -OCH3 is 1. The van der Waals surface area contributed by atoms with Crippen LogP contribution < -0.4 is 0 Å². The SMILES string of the molecule is CC.CC.CCCN(C(=O)OC)C1C=CC(F)=C(c2ccc(C=O)cn2)C=C1. The lowest BCUT2D eigenvalue weighted by Crippen LogP contribution is -2.38. The molecule has 0 saturated heterocycles. The molecule has 0 saturated carbocycles. The molecule has 1 heterocycles. The lowest BCUT2D eigenvalue weighted by molar-refractivity contribution is 0.112. The summed E-state index contributed by atoms with van der Waals surface area (Å²) in [5, 5.41) is 0.